The minimum Gasteiger partial charge on any atom is -0.369 e. The number of hydrogen-bond donors (Lipinski definition) is 1. The van der Waals surface area contributed by atoms with Crippen molar-refractivity contribution in [2.45, 2.75) is 12.5 Å². The first-order chi connectivity index (χ1) is 14.9. The van der Waals surface area contributed by atoms with Gasteiger partial charge >= 0.3 is 0 Å². The van der Waals surface area contributed by atoms with E-state index in [4.69, 9.17) is 0 Å². The molecule has 0 spiro atoms. The number of halogens is 1. The van der Waals surface area contributed by atoms with E-state index in [1.807, 2.05) is 35.2 Å². The molecule has 1 amide bonds. The Morgan fingerprint density at radius 2 is 1.71 bits per heavy atom. The molecule has 1 saturated heterocycles. The number of hydrogen-bond acceptors (Lipinski definition) is 5. The second kappa shape index (κ2) is 10.4. The quantitative estimate of drug-likeness (QED) is 0.304. The van der Waals surface area contributed by atoms with Crippen LogP contribution < -0.4 is 4.90 Å². The van der Waals surface area contributed by atoms with Crippen molar-refractivity contribution in [1.29, 1.82) is 0 Å². The highest BCUT2D eigenvalue weighted by Gasteiger charge is 2.31. The van der Waals surface area contributed by atoms with Gasteiger partial charge in [0, 0.05) is 38.3 Å². The summed E-state index contributed by atoms with van der Waals surface area (Å²) in [6.07, 6.45) is 0.532. The predicted molar refractivity (Wildman–Crippen MR) is 115 cm³/mol. The molecule has 2 aromatic rings. The molecule has 1 heterocycles. The van der Waals surface area contributed by atoms with Gasteiger partial charge in [0.2, 0.25) is 16.4 Å². The molecule has 1 fully saturated rings. The Labute approximate surface area is 181 Å². The van der Waals surface area contributed by atoms with Gasteiger partial charge in [-0.15, -0.1) is 0 Å². The molecule has 31 heavy (non-hydrogen) atoms. The highest BCUT2D eigenvalue weighted by atomic mass is 32.2. The average Bonchev–Trinajstić information content (AvgIpc) is 2.79. The van der Waals surface area contributed by atoms with Crippen LogP contribution in [-0.4, -0.2) is 67.4 Å². The van der Waals surface area contributed by atoms with Gasteiger partial charge < -0.3 is 4.90 Å². The Balaban J connectivity index is 1.63. The van der Waals surface area contributed by atoms with Crippen LogP contribution in [0.3, 0.4) is 0 Å². The maximum Gasteiger partial charge on any atom is 0.234 e. The third-order valence-corrected chi connectivity index (χ3v) is 6.91. The molecule has 9 heteroatoms. The number of piperazine rings is 1. The highest BCUT2D eigenvalue weighted by Crippen LogP contribution is 2.18. The van der Waals surface area contributed by atoms with Crippen molar-refractivity contribution in [3.05, 3.63) is 66.0 Å². The number of rotatable bonds is 7. The Bertz CT molecular complexity index is 1030. The van der Waals surface area contributed by atoms with Crippen molar-refractivity contribution in [2.24, 2.45) is 0 Å². The van der Waals surface area contributed by atoms with E-state index in [9.17, 15) is 22.8 Å². The lowest BCUT2D eigenvalue weighted by molar-refractivity contribution is -0.153. The number of benzene rings is 2. The first kappa shape index (κ1) is 22.7. The van der Waals surface area contributed by atoms with Gasteiger partial charge in [-0.25, -0.2) is 17.9 Å². The molecule has 1 aliphatic heterocycles. The number of sulfonamides is 1. The van der Waals surface area contributed by atoms with E-state index >= 15 is 0 Å². The third-order valence-electron chi connectivity index (χ3n) is 5.02. The second-order valence-corrected chi connectivity index (χ2v) is 9.14. The summed E-state index contributed by atoms with van der Waals surface area (Å²) >= 11 is 0. The molecule has 2 aromatic carbocycles. The van der Waals surface area contributed by atoms with Gasteiger partial charge in [-0.05, 0) is 29.8 Å². The van der Waals surface area contributed by atoms with Crippen LogP contribution in [0.5, 0.6) is 0 Å². The van der Waals surface area contributed by atoms with Crippen LogP contribution in [0.15, 0.2) is 54.6 Å². The van der Waals surface area contributed by atoms with Gasteiger partial charge in [0.25, 0.3) is 0 Å². The van der Waals surface area contributed by atoms with E-state index in [1.165, 1.54) is 16.4 Å². The zero-order chi connectivity index (χ0) is 22.3. The number of anilines is 1. The lowest BCUT2D eigenvalue weighted by Crippen LogP contribution is -2.51. The van der Waals surface area contributed by atoms with Crippen LogP contribution in [0.25, 0.3) is 0 Å². The lowest BCUT2D eigenvalue weighted by atomic mass is 10.1. The lowest BCUT2D eigenvalue weighted by Gasteiger charge is -2.36. The van der Waals surface area contributed by atoms with Crippen LogP contribution in [0.4, 0.5) is 10.1 Å². The fraction of sp³-hybridized carbons (Fsp3) is 0.318. The SMILES string of the molecule is O=CN(O)C(C#CCc1ccccc1)CS(=O)(=O)N1CCN(c2ccc(F)cc2)CC1. The number of hydroxylamine groups is 2. The summed E-state index contributed by atoms with van der Waals surface area (Å²) < 4.78 is 40.2. The number of carbonyl (C=O) groups is 1. The first-order valence-corrected chi connectivity index (χ1v) is 11.4. The first-order valence-electron chi connectivity index (χ1n) is 9.82. The van der Waals surface area contributed by atoms with Gasteiger partial charge in [-0.2, -0.15) is 4.31 Å². The maximum absolute atomic E-state index is 13.1. The summed E-state index contributed by atoms with van der Waals surface area (Å²) in [6, 6.07) is 14.3. The average molecular weight is 446 g/mol. The normalized spacial score (nSPS) is 15.6. The fourth-order valence-corrected chi connectivity index (χ4v) is 4.87. The zero-order valence-corrected chi connectivity index (χ0v) is 17.7. The van der Waals surface area contributed by atoms with E-state index < -0.39 is 21.8 Å². The minimum atomic E-state index is -3.76. The van der Waals surface area contributed by atoms with Gasteiger partial charge in [0.1, 0.15) is 11.9 Å². The van der Waals surface area contributed by atoms with Crippen molar-refractivity contribution < 1.29 is 22.8 Å². The van der Waals surface area contributed by atoms with Crippen LogP contribution in [0.1, 0.15) is 5.56 Å². The molecule has 0 bridgehead atoms. The molecular weight excluding hydrogens is 421 g/mol. The van der Waals surface area contributed by atoms with E-state index in [1.54, 1.807) is 12.1 Å². The van der Waals surface area contributed by atoms with Crippen molar-refractivity contribution in [3.8, 4) is 11.8 Å². The van der Waals surface area contributed by atoms with Crippen molar-refractivity contribution in [3.63, 3.8) is 0 Å². The van der Waals surface area contributed by atoms with Crippen molar-refractivity contribution in [1.82, 2.24) is 9.37 Å². The van der Waals surface area contributed by atoms with E-state index in [0.717, 1.165) is 11.3 Å². The van der Waals surface area contributed by atoms with Gasteiger partial charge in [-0.1, -0.05) is 42.2 Å². The number of amides is 1. The number of nitrogens with zero attached hydrogens (tertiary/aromatic N) is 3. The zero-order valence-electron chi connectivity index (χ0n) is 16.9. The van der Waals surface area contributed by atoms with E-state index in [-0.39, 0.29) is 25.3 Å². The monoisotopic (exact) mass is 445 g/mol. The summed E-state index contributed by atoms with van der Waals surface area (Å²) in [5, 5.41) is 10.1. The summed E-state index contributed by atoms with van der Waals surface area (Å²) in [7, 11) is -3.76. The Kier molecular flexibility index (Phi) is 7.63. The molecule has 0 aliphatic carbocycles. The molecule has 0 aromatic heterocycles. The Morgan fingerprint density at radius 3 is 2.32 bits per heavy atom. The molecule has 1 unspecified atom stereocenters. The highest BCUT2D eigenvalue weighted by molar-refractivity contribution is 7.89. The van der Waals surface area contributed by atoms with E-state index in [0.29, 0.717) is 24.6 Å². The molecule has 0 radical (unpaired) electrons. The van der Waals surface area contributed by atoms with E-state index in [2.05, 4.69) is 11.8 Å². The smallest absolute Gasteiger partial charge is 0.234 e. The molecule has 0 saturated carbocycles. The second-order valence-electron chi connectivity index (χ2n) is 7.13. The molecule has 3 rings (SSSR count). The minimum absolute atomic E-state index is 0.157. The standard InChI is InChI=1S/C22H24FN3O4S/c23-20-9-11-21(12-10-20)24-13-15-25(16-14-24)31(29,30)17-22(26(28)18-27)8-4-7-19-5-2-1-3-6-19/h1-3,5-6,9-12,18,22,28H,7,13-17H2. The summed E-state index contributed by atoms with van der Waals surface area (Å²) in [4.78, 5) is 13.0. The summed E-state index contributed by atoms with van der Waals surface area (Å²) in [6.45, 7) is 1.39. The molecule has 1 N–H and O–H groups in total. The third kappa shape index (κ3) is 6.28. The van der Waals surface area contributed by atoms with Crippen molar-refractivity contribution >= 4 is 22.1 Å². The molecule has 1 atom stereocenters. The fourth-order valence-electron chi connectivity index (χ4n) is 3.31. The predicted octanol–water partition coefficient (Wildman–Crippen LogP) is 1.74. The van der Waals surface area contributed by atoms with Gasteiger partial charge in [-0.3, -0.25) is 10.0 Å². The van der Waals surface area contributed by atoms with Gasteiger partial charge in [0.15, 0.2) is 0 Å². The Hall–Kier alpha value is -2.93. The molecular formula is C22H24FN3O4S. The van der Waals surface area contributed by atoms with Crippen LogP contribution in [-0.2, 0) is 21.2 Å². The Morgan fingerprint density at radius 1 is 1.06 bits per heavy atom. The topological polar surface area (TPSA) is 81.2 Å². The van der Waals surface area contributed by atoms with Crippen molar-refractivity contribution in [2.75, 3.05) is 36.8 Å². The van der Waals surface area contributed by atoms with Crippen LogP contribution >= 0.6 is 0 Å². The largest absolute Gasteiger partial charge is 0.369 e. The maximum atomic E-state index is 13.1. The van der Waals surface area contributed by atoms with Crippen LogP contribution in [0.2, 0.25) is 0 Å². The summed E-state index contributed by atoms with van der Waals surface area (Å²) in [5.41, 5.74) is 1.77. The number of carbonyl (C=O) groups excluding carboxylic acids is 1. The molecule has 7 nitrogen and oxygen atoms in total. The molecule has 1 aliphatic rings. The molecule has 164 valence electrons. The van der Waals surface area contributed by atoms with Crippen LogP contribution in [0, 0.1) is 17.7 Å². The summed E-state index contributed by atoms with van der Waals surface area (Å²) in [5.74, 6) is 4.71. The van der Waals surface area contributed by atoms with Gasteiger partial charge in [0.05, 0.1) is 5.75 Å².